The highest BCUT2D eigenvalue weighted by atomic mass is 16.5. The fourth-order valence-corrected chi connectivity index (χ4v) is 1.54. The van der Waals surface area contributed by atoms with E-state index in [0.29, 0.717) is 44.0 Å². The summed E-state index contributed by atoms with van der Waals surface area (Å²) in [6, 6.07) is 6.71. The average molecular weight is 280 g/mol. The second-order valence-electron chi connectivity index (χ2n) is 4.00. The van der Waals surface area contributed by atoms with Gasteiger partial charge in [0.05, 0.1) is 25.4 Å². The molecule has 5 nitrogen and oxygen atoms in total. The van der Waals surface area contributed by atoms with E-state index in [2.05, 4.69) is 0 Å². The Labute approximate surface area is 118 Å². The van der Waals surface area contributed by atoms with Gasteiger partial charge in [-0.3, -0.25) is 4.79 Å². The standard InChI is InChI=1S/C15H20O5/c1-3-18-14(16)6-5-11-20-13-9-7-12(8-10-13)15(17)19-4-2/h7-10H,3-6,11H2,1-2H3. The maximum absolute atomic E-state index is 11.4. The molecule has 0 aliphatic heterocycles. The summed E-state index contributed by atoms with van der Waals surface area (Å²) in [4.78, 5) is 22.5. The number of benzene rings is 1. The quantitative estimate of drug-likeness (QED) is 0.541. The van der Waals surface area contributed by atoms with Gasteiger partial charge in [0, 0.05) is 6.42 Å². The van der Waals surface area contributed by atoms with Gasteiger partial charge in [-0.1, -0.05) is 0 Å². The lowest BCUT2D eigenvalue weighted by Gasteiger charge is -2.07. The first kappa shape index (κ1) is 16.0. The summed E-state index contributed by atoms with van der Waals surface area (Å²) in [6.07, 6.45) is 0.938. The van der Waals surface area contributed by atoms with E-state index in [4.69, 9.17) is 14.2 Å². The minimum atomic E-state index is -0.346. The predicted octanol–water partition coefficient (Wildman–Crippen LogP) is 2.59. The van der Waals surface area contributed by atoms with Gasteiger partial charge in [0.2, 0.25) is 0 Å². The molecule has 0 aliphatic rings. The smallest absolute Gasteiger partial charge is 0.338 e. The molecule has 0 saturated heterocycles. The van der Waals surface area contributed by atoms with Crippen LogP contribution in [0.4, 0.5) is 0 Å². The zero-order chi connectivity index (χ0) is 14.8. The second-order valence-corrected chi connectivity index (χ2v) is 4.00. The van der Waals surface area contributed by atoms with E-state index >= 15 is 0 Å². The maximum atomic E-state index is 11.4. The number of rotatable bonds is 8. The van der Waals surface area contributed by atoms with Crippen molar-refractivity contribution in [2.45, 2.75) is 26.7 Å². The molecule has 0 atom stereocenters. The summed E-state index contributed by atoms with van der Waals surface area (Å²) < 4.78 is 15.2. The minimum absolute atomic E-state index is 0.214. The maximum Gasteiger partial charge on any atom is 0.338 e. The van der Waals surface area contributed by atoms with Crippen LogP contribution in [0.3, 0.4) is 0 Å². The first-order valence-electron chi connectivity index (χ1n) is 6.73. The summed E-state index contributed by atoms with van der Waals surface area (Å²) in [6.45, 7) is 4.72. The highest BCUT2D eigenvalue weighted by Crippen LogP contribution is 2.13. The van der Waals surface area contributed by atoms with E-state index in [1.807, 2.05) is 0 Å². The predicted molar refractivity (Wildman–Crippen MR) is 73.8 cm³/mol. The molecule has 1 rings (SSSR count). The molecule has 0 amide bonds. The molecule has 110 valence electrons. The SMILES string of the molecule is CCOC(=O)CCCOc1ccc(C(=O)OCC)cc1. The fourth-order valence-electron chi connectivity index (χ4n) is 1.54. The van der Waals surface area contributed by atoms with Gasteiger partial charge in [-0.15, -0.1) is 0 Å². The molecule has 20 heavy (non-hydrogen) atoms. The molecule has 0 aromatic heterocycles. The molecule has 0 fully saturated rings. The molecule has 0 radical (unpaired) electrons. The fraction of sp³-hybridized carbons (Fsp3) is 0.467. The highest BCUT2D eigenvalue weighted by molar-refractivity contribution is 5.89. The van der Waals surface area contributed by atoms with Crippen molar-refractivity contribution in [2.24, 2.45) is 0 Å². The molecular weight excluding hydrogens is 260 g/mol. The number of esters is 2. The number of hydrogen-bond acceptors (Lipinski definition) is 5. The summed E-state index contributed by atoms with van der Waals surface area (Å²) in [5, 5.41) is 0. The lowest BCUT2D eigenvalue weighted by Crippen LogP contribution is -2.07. The molecule has 0 heterocycles. The van der Waals surface area contributed by atoms with E-state index in [9.17, 15) is 9.59 Å². The van der Waals surface area contributed by atoms with Crippen LogP contribution < -0.4 is 4.74 Å². The number of carbonyl (C=O) groups is 2. The van der Waals surface area contributed by atoms with Crippen molar-refractivity contribution in [2.75, 3.05) is 19.8 Å². The Morgan fingerprint density at radius 2 is 1.65 bits per heavy atom. The zero-order valence-electron chi connectivity index (χ0n) is 11.9. The largest absolute Gasteiger partial charge is 0.494 e. The third-order valence-corrected chi connectivity index (χ3v) is 2.46. The van der Waals surface area contributed by atoms with Gasteiger partial charge in [0.25, 0.3) is 0 Å². The van der Waals surface area contributed by atoms with Crippen molar-refractivity contribution in [3.63, 3.8) is 0 Å². The summed E-state index contributed by atoms with van der Waals surface area (Å²) in [7, 11) is 0. The first-order chi connectivity index (χ1) is 9.67. The van der Waals surface area contributed by atoms with Gasteiger partial charge in [-0.25, -0.2) is 4.79 Å². The minimum Gasteiger partial charge on any atom is -0.494 e. The lowest BCUT2D eigenvalue weighted by atomic mass is 10.2. The Kier molecular flexibility index (Phi) is 7.17. The molecule has 1 aromatic rings. The Morgan fingerprint density at radius 1 is 1.00 bits per heavy atom. The molecule has 0 spiro atoms. The first-order valence-corrected chi connectivity index (χ1v) is 6.73. The van der Waals surface area contributed by atoms with Crippen molar-refractivity contribution < 1.29 is 23.8 Å². The van der Waals surface area contributed by atoms with Crippen LogP contribution in [0.5, 0.6) is 5.75 Å². The van der Waals surface area contributed by atoms with Gasteiger partial charge in [0.15, 0.2) is 0 Å². The topological polar surface area (TPSA) is 61.8 Å². The van der Waals surface area contributed by atoms with Gasteiger partial charge in [-0.2, -0.15) is 0 Å². The normalized spacial score (nSPS) is 9.90. The molecule has 0 aliphatic carbocycles. The highest BCUT2D eigenvalue weighted by Gasteiger charge is 2.06. The van der Waals surface area contributed by atoms with Crippen molar-refractivity contribution in [3.8, 4) is 5.75 Å². The number of carbonyl (C=O) groups excluding carboxylic acids is 2. The molecule has 0 N–H and O–H groups in total. The van der Waals surface area contributed by atoms with E-state index in [1.165, 1.54) is 0 Å². The Bertz CT molecular complexity index is 424. The van der Waals surface area contributed by atoms with Gasteiger partial charge < -0.3 is 14.2 Å². The Morgan fingerprint density at radius 3 is 2.25 bits per heavy atom. The van der Waals surface area contributed by atoms with Crippen LogP contribution in [-0.2, 0) is 14.3 Å². The van der Waals surface area contributed by atoms with Crippen molar-refractivity contribution in [1.29, 1.82) is 0 Å². The Balaban J connectivity index is 2.31. The van der Waals surface area contributed by atoms with Crippen LogP contribution >= 0.6 is 0 Å². The molecule has 1 aromatic carbocycles. The van der Waals surface area contributed by atoms with Crippen molar-refractivity contribution in [3.05, 3.63) is 29.8 Å². The monoisotopic (exact) mass is 280 g/mol. The Hall–Kier alpha value is -2.04. The third kappa shape index (κ3) is 5.73. The zero-order valence-corrected chi connectivity index (χ0v) is 11.9. The van der Waals surface area contributed by atoms with Gasteiger partial charge >= 0.3 is 11.9 Å². The van der Waals surface area contributed by atoms with Crippen molar-refractivity contribution >= 4 is 11.9 Å². The van der Waals surface area contributed by atoms with Gasteiger partial charge in [-0.05, 0) is 44.5 Å². The summed E-state index contributed by atoms with van der Waals surface area (Å²) in [5.41, 5.74) is 0.491. The molecule has 0 unspecified atom stereocenters. The van der Waals surface area contributed by atoms with Crippen LogP contribution in [0, 0.1) is 0 Å². The van der Waals surface area contributed by atoms with E-state index in [-0.39, 0.29) is 11.9 Å². The van der Waals surface area contributed by atoms with Crippen LogP contribution in [0.2, 0.25) is 0 Å². The van der Waals surface area contributed by atoms with Crippen LogP contribution in [0.25, 0.3) is 0 Å². The molecular formula is C15H20O5. The third-order valence-electron chi connectivity index (χ3n) is 2.46. The number of hydrogen-bond donors (Lipinski definition) is 0. The van der Waals surface area contributed by atoms with Crippen LogP contribution in [0.15, 0.2) is 24.3 Å². The second kappa shape index (κ2) is 8.96. The summed E-state index contributed by atoms with van der Waals surface area (Å²) in [5.74, 6) is 0.0945. The molecule has 0 bridgehead atoms. The van der Waals surface area contributed by atoms with Crippen LogP contribution in [0.1, 0.15) is 37.0 Å². The van der Waals surface area contributed by atoms with E-state index in [1.54, 1.807) is 38.1 Å². The number of ether oxygens (including phenoxy) is 3. The van der Waals surface area contributed by atoms with Crippen LogP contribution in [-0.4, -0.2) is 31.8 Å². The molecule has 5 heteroatoms. The molecule has 0 saturated carbocycles. The van der Waals surface area contributed by atoms with E-state index in [0.717, 1.165) is 0 Å². The average Bonchev–Trinajstić information content (AvgIpc) is 2.45. The van der Waals surface area contributed by atoms with Crippen molar-refractivity contribution in [1.82, 2.24) is 0 Å². The summed E-state index contributed by atoms with van der Waals surface area (Å²) >= 11 is 0. The lowest BCUT2D eigenvalue weighted by molar-refractivity contribution is -0.143. The van der Waals surface area contributed by atoms with Gasteiger partial charge in [0.1, 0.15) is 5.75 Å². The van der Waals surface area contributed by atoms with E-state index < -0.39 is 0 Å².